The molecular weight excluding hydrogens is 376 g/mol. The van der Waals surface area contributed by atoms with Crippen LogP contribution < -0.4 is 19.8 Å². The van der Waals surface area contributed by atoms with Crippen molar-refractivity contribution in [1.82, 2.24) is 0 Å². The standard InChI is InChI=1S/C22H20O7/c1-13(23)26-18-16-11-10-15(29-22(2,3)4)12-17(16)27-21(25)19(18)28-20(24)14-8-6-5-7-9-14/h5-12H,1-4H3. The Morgan fingerprint density at radius 3 is 2.24 bits per heavy atom. The van der Waals surface area contributed by atoms with Gasteiger partial charge in [-0.05, 0) is 45.0 Å². The molecule has 0 radical (unpaired) electrons. The summed E-state index contributed by atoms with van der Waals surface area (Å²) >= 11 is 0. The molecule has 0 saturated carbocycles. The van der Waals surface area contributed by atoms with E-state index in [0.29, 0.717) is 5.75 Å². The zero-order chi connectivity index (χ0) is 21.2. The smallest absolute Gasteiger partial charge is 0.383 e. The predicted molar refractivity (Wildman–Crippen MR) is 106 cm³/mol. The monoisotopic (exact) mass is 396 g/mol. The van der Waals surface area contributed by atoms with Gasteiger partial charge in [0.25, 0.3) is 5.75 Å². The molecule has 7 nitrogen and oxygen atoms in total. The van der Waals surface area contributed by atoms with Crippen molar-refractivity contribution in [1.29, 1.82) is 0 Å². The molecule has 0 spiro atoms. The molecule has 0 aliphatic rings. The Labute approximate surface area is 166 Å². The van der Waals surface area contributed by atoms with Crippen LogP contribution in [-0.2, 0) is 4.79 Å². The average molecular weight is 396 g/mol. The summed E-state index contributed by atoms with van der Waals surface area (Å²) in [5.74, 6) is -1.67. The van der Waals surface area contributed by atoms with Crippen LogP contribution in [0.25, 0.3) is 11.0 Å². The Morgan fingerprint density at radius 2 is 1.62 bits per heavy atom. The maximum Gasteiger partial charge on any atom is 0.383 e. The molecular formula is C22H20O7. The highest BCUT2D eigenvalue weighted by atomic mass is 16.6. The first-order chi connectivity index (χ1) is 13.6. The number of rotatable bonds is 4. The SMILES string of the molecule is CC(=O)Oc1c(OC(=O)c2ccccc2)c(=O)oc2cc(OC(C)(C)C)ccc12. The third-order valence-corrected chi connectivity index (χ3v) is 3.67. The van der Waals surface area contributed by atoms with Gasteiger partial charge in [0.2, 0.25) is 0 Å². The fourth-order valence-electron chi connectivity index (χ4n) is 2.61. The summed E-state index contributed by atoms with van der Waals surface area (Å²) < 4.78 is 21.5. The van der Waals surface area contributed by atoms with Gasteiger partial charge in [0, 0.05) is 13.0 Å². The van der Waals surface area contributed by atoms with Crippen molar-refractivity contribution >= 4 is 22.9 Å². The molecule has 0 fully saturated rings. The summed E-state index contributed by atoms with van der Waals surface area (Å²) in [7, 11) is 0. The lowest BCUT2D eigenvalue weighted by atomic mass is 10.1. The van der Waals surface area contributed by atoms with Crippen LogP contribution in [0.4, 0.5) is 0 Å². The number of hydrogen-bond donors (Lipinski definition) is 0. The Balaban J connectivity index is 2.10. The molecule has 0 amide bonds. The summed E-state index contributed by atoms with van der Waals surface area (Å²) in [6, 6.07) is 12.8. The first kappa shape index (κ1) is 20.1. The van der Waals surface area contributed by atoms with E-state index in [4.69, 9.17) is 18.6 Å². The topological polar surface area (TPSA) is 92.0 Å². The number of ether oxygens (including phenoxy) is 3. The van der Waals surface area contributed by atoms with Crippen LogP contribution >= 0.6 is 0 Å². The van der Waals surface area contributed by atoms with Gasteiger partial charge in [-0.25, -0.2) is 9.59 Å². The number of fused-ring (bicyclic) bond motifs is 1. The van der Waals surface area contributed by atoms with E-state index in [0.717, 1.165) is 0 Å². The van der Waals surface area contributed by atoms with E-state index in [-0.39, 0.29) is 22.3 Å². The molecule has 2 aromatic carbocycles. The van der Waals surface area contributed by atoms with E-state index in [2.05, 4.69) is 0 Å². The summed E-state index contributed by atoms with van der Waals surface area (Å²) in [4.78, 5) is 36.5. The molecule has 0 atom stereocenters. The van der Waals surface area contributed by atoms with E-state index >= 15 is 0 Å². The second-order valence-electron chi connectivity index (χ2n) is 7.27. The largest absolute Gasteiger partial charge is 0.488 e. The van der Waals surface area contributed by atoms with Gasteiger partial charge in [-0.3, -0.25) is 4.79 Å². The lowest BCUT2D eigenvalue weighted by Gasteiger charge is -2.21. The molecule has 1 aromatic heterocycles. The second-order valence-corrected chi connectivity index (χ2v) is 7.27. The minimum absolute atomic E-state index is 0.132. The second kappa shape index (κ2) is 7.79. The molecule has 3 rings (SSSR count). The van der Waals surface area contributed by atoms with E-state index in [1.54, 1.807) is 30.3 Å². The minimum atomic E-state index is -0.953. The van der Waals surface area contributed by atoms with Gasteiger partial charge in [-0.2, -0.15) is 0 Å². The van der Waals surface area contributed by atoms with Gasteiger partial charge in [0.1, 0.15) is 16.9 Å². The van der Waals surface area contributed by atoms with Crippen molar-refractivity contribution in [3.8, 4) is 17.2 Å². The molecule has 1 heterocycles. The van der Waals surface area contributed by atoms with Gasteiger partial charge in [0.15, 0.2) is 5.75 Å². The Morgan fingerprint density at radius 1 is 0.931 bits per heavy atom. The van der Waals surface area contributed by atoms with Crippen molar-refractivity contribution in [3.05, 3.63) is 64.5 Å². The maximum atomic E-state index is 12.5. The van der Waals surface area contributed by atoms with E-state index in [1.165, 1.54) is 25.1 Å². The highest BCUT2D eigenvalue weighted by Gasteiger charge is 2.23. The Kier molecular flexibility index (Phi) is 5.41. The highest BCUT2D eigenvalue weighted by Crippen LogP contribution is 2.35. The van der Waals surface area contributed by atoms with Crippen molar-refractivity contribution in [2.45, 2.75) is 33.3 Å². The molecule has 29 heavy (non-hydrogen) atoms. The normalized spacial score (nSPS) is 11.2. The molecule has 0 saturated heterocycles. The van der Waals surface area contributed by atoms with Gasteiger partial charge in [-0.15, -0.1) is 0 Å². The maximum absolute atomic E-state index is 12.5. The molecule has 0 unspecified atom stereocenters. The van der Waals surface area contributed by atoms with Crippen molar-refractivity contribution in [3.63, 3.8) is 0 Å². The van der Waals surface area contributed by atoms with Crippen LogP contribution in [0, 0.1) is 0 Å². The lowest BCUT2D eigenvalue weighted by molar-refractivity contribution is -0.131. The molecule has 150 valence electrons. The van der Waals surface area contributed by atoms with Crippen molar-refractivity contribution in [2.24, 2.45) is 0 Å². The van der Waals surface area contributed by atoms with Crippen LogP contribution in [0.3, 0.4) is 0 Å². The summed E-state index contributed by atoms with van der Waals surface area (Å²) in [6.07, 6.45) is 0. The minimum Gasteiger partial charge on any atom is -0.488 e. The Bertz CT molecular complexity index is 1120. The number of hydrogen-bond acceptors (Lipinski definition) is 7. The lowest BCUT2D eigenvalue weighted by Crippen LogP contribution is -2.22. The van der Waals surface area contributed by atoms with Gasteiger partial charge in [0.05, 0.1) is 10.9 Å². The first-order valence-corrected chi connectivity index (χ1v) is 8.89. The van der Waals surface area contributed by atoms with Crippen molar-refractivity contribution < 1.29 is 28.2 Å². The van der Waals surface area contributed by atoms with Crippen LogP contribution in [0.2, 0.25) is 0 Å². The van der Waals surface area contributed by atoms with Crippen molar-refractivity contribution in [2.75, 3.05) is 0 Å². The van der Waals surface area contributed by atoms with Gasteiger partial charge >= 0.3 is 17.6 Å². The van der Waals surface area contributed by atoms with E-state index < -0.39 is 28.9 Å². The molecule has 0 N–H and O–H groups in total. The molecule has 0 bridgehead atoms. The van der Waals surface area contributed by atoms with Gasteiger partial charge in [-0.1, -0.05) is 18.2 Å². The zero-order valence-electron chi connectivity index (χ0n) is 16.5. The van der Waals surface area contributed by atoms with Crippen LogP contribution in [0.15, 0.2) is 57.7 Å². The van der Waals surface area contributed by atoms with Gasteiger partial charge < -0.3 is 18.6 Å². The zero-order valence-corrected chi connectivity index (χ0v) is 16.5. The average Bonchev–Trinajstić information content (AvgIpc) is 2.63. The van der Waals surface area contributed by atoms with E-state index in [9.17, 15) is 14.4 Å². The van der Waals surface area contributed by atoms with Crippen LogP contribution in [0.5, 0.6) is 17.2 Å². The number of esters is 2. The number of carbonyl (C=O) groups is 2. The third-order valence-electron chi connectivity index (χ3n) is 3.67. The third kappa shape index (κ3) is 4.82. The summed E-state index contributed by atoms with van der Waals surface area (Å²) in [5, 5.41) is 0.289. The molecule has 0 aliphatic heterocycles. The van der Waals surface area contributed by atoms with Crippen LogP contribution in [-0.4, -0.2) is 17.5 Å². The molecule has 7 heteroatoms. The summed E-state index contributed by atoms with van der Waals surface area (Å²) in [6.45, 7) is 6.82. The number of carbonyl (C=O) groups excluding carboxylic acids is 2. The fourth-order valence-corrected chi connectivity index (χ4v) is 2.61. The Hall–Kier alpha value is -3.61. The highest BCUT2D eigenvalue weighted by molar-refractivity contribution is 5.94. The van der Waals surface area contributed by atoms with Crippen LogP contribution in [0.1, 0.15) is 38.1 Å². The summed E-state index contributed by atoms with van der Waals surface area (Å²) in [5.41, 5.74) is -1.05. The first-order valence-electron chi connectivity index (χ1n) is 8.89. The molecule has 3 aromatic rings. The predicted octanol–water partition coefficient (Wildman–Crippen LogP) is 4.11. The molecule has 0 aliphatic carbocycles. The number of benzene rings is 2. The quantitative estimate of drug-likeness (QED) is 0.484. The van der Waals surface area contributed by atoms with E-state index in [1.807, 2.05) is 20.8 Å². The fraction of sp³-hybridized carbons (Fsp3) is 0.227.